The van der Waals surface area contributed by atoms with E-state index in [2.05, 4.69) is 55.9 Å². The van der Waals surface area contributed by atoms with Crippen molar-refractivity contribution in [2.45, 2.75) is 52.7 Å². The summed E-state index contributed by atoms with van der Waals surface area (Å²) >= 11 is 0. The molecule has 0 fully saturated rings. The molecule has 0 aliphatic carbocycles. The summed E-state index contributed by atoms with van der Waals surface area (Å²) in [4.78, 5) is 6.77. The van der Waals surface area contributed by atoms with Gasteiger partial charge in [0.2, 0.25) is 5.88 Å². The lowest BCUT2D eigenvalue weighted by atomic mass is 10.1. The van der Waals surface area contributed by atoms with Crippen LogP contribution in [-0.4, -0.2) is 42.2 Å². The molecule has 0 aromatic carbocycles. The van der Waals surface area contributed by atoms with Gasteiger partial charge in [-0.2, -0.15) is 0 Å². The molecule has 0 saturated heterocycles. The van der Waals surface area contributed by atoms with Crippen LogP contribution < -0.4 is 10.1 Å². The van der Waals surface area contributed by atoms with Gasteiger partial charge in [-0.3, -0.25) is 4.90 Å². The Balaban J connectivity index is 2.62. The molecule has 20 heavy (non-hydrogen) atoms. The van der Waals surface area contributed by atoms with Crippen LogP contribution in [0.5, 0.6) is 5.88 Å². The molecular formula is C16H29N3O. The standard InChI is InChI=1S/C16H29N3O/c1-12(2)19(13(3)4)10-11-20-16-15(14(5)17-6)8-7-9-18-16/h7-9,12-14,17H,10-11H2,1-6H3. The molecule has 114 valence electrons. The molecule has 1 aromatic heterocycles. The summed E-state index contributed by atoms with van der Waals surface area (Å²) in [5, 5.41) is 3.23. The molecule has 4 nitrogen and oxygen atoms in total. The highest BCUT2D eigenvalue weighted by molar-refractivity contribution is 5.28. The summed E-state index contributed by atoms with van der Waals surface area (Å²) in [6.45, 7) is 12.6. The number of aromatic nitrogens is 1. The first kappa shape index (κ1) is 16.9. The summed E-state index contributed by atoms with van der Waals surface area (Å²) in [5.74, 6) is 0.738. The Morgan fingerprint density at radius 3 is 2.40 bits per heavy atom. The summed E-state index contributed by atoms with van der Waals surface area (Å²) in [7, 11) is 1.95. The molecule has 0 aliphatic heterocycles. The van der Waals surface area contributed by atoms with Gasteiger partial charge in [0.1, 0.15) is 6.61 Å². The van der Waals surface area contributed by atoms with Gasteiger partial charge in [0.05, 0.1) is 0 Å². The number of nitrogens with one attached hydrogen (secondary N) is 1. The zero-order valence-electron chi connectivity index (χ0n) is 13.7. The van der Waals surface area contributed by atoms with Crippen LogP contribution in [0.1, 0.15) is 46.2 Å². The third-order valence-electron chi connectivity index (χ3n) is 3.61. The van der Waals surface area contributed by atoms with Gasteiger partial charge >= 0.3 is 0 Å². The van der Waals surface area contributed by atoms with Crippen molar-refractivity contribution in [1.82, 2.24) is 15.2 Å². The average Bonchev–Trinajstić information content (AvgIpc) is 2.42. The minimum Gasteiger partial charge on any atom is -0.476 e. The lowest BCUT2D eigenvalue weighted by Crippen LogP contribution is -2.39. The van der Waals surface area contributed by atoms with Crippen LogP contribution in [0, 0.1) is 0 Å². The highest BCUT2D eigenvalue weighted by atomic mass is 16.5. The van der Waals surface area contributed by atoms with E-state index in [1.54, 1.807) is 6.20 Å². The maximum atomic E-state index is 5.90. The molecule has 1 rings (SSSR count). The normalized spacial score (nSPS) is 13.2. The third-order valence-corrected chi connectivity index (χ3v) is 3.61. The highest BCUT2D eigenvalue weighted by Crippen LogP contribution is 2.21. The maximum absolute atomic E-state index is 5.90. The van der Waals surface area contributed by atoms with Gasteiger partial charge in [0.15, 0.2) is 0 Å². The average molecular weight is 279 g/mol. The number of hydrogen-bond acceptors (Lipinski definition) is 4. The summed E-state index contributed by atoms with van der Waals surface area (Å²) < 4.78 is 5.90. The third kappa shape index (κ3) is 4.76. The second-order valence-corrected chi connectivity index (χ2v) is 5.68. The maximum Gasteiger partial charge on any atom is 0.218 e. The van der Waals surface area contributed by atoms with Gasteiger partial charge in [-0.1, -0.05) is 6.07 Å². The molecule has 1 heterocycles. The van der Waals surface area contributed by atoms with Crippen molar-refractivity contribution in [1.29, 1.82) is 0 Å². The van der Waals surface area contributed by atoms with Crippen molar-refractivity contribution >= 4 is 0 Å². The van der Waals surface area contributed by atoms with E-state index in [-0.39, 0.29) is 6.04 Å². The van der Waals surface area contributed by atoms with Gasteiger partial charge in [0, 0.05) is 36.4 Å². The molecule has 0 spiro atoms. The lowest BCUT2D eigenvalue weighted by molar-refractivity contribution is 0.139. The van der Waals surface area contributed by atoms with Crippen LogP contribution in [0.4, 0.5) is 0 Å². The van der Waals surface area contributed by atoms with Gasteiger partial charge in [-0.15, -0.1) is 0 Å². The molecule has 1 unspecified atom stereocenters. The zero-order chi connectivity index (χ0) is 15.1. The Morgan fingerprint density at radius 1 is 1.20 bits per heavy atom. The Hall–Kier alpha value is -1.13. The predicted molar refractivity (Wildman–Crippen MR) is 84.2 cm³/mol. The number of hydrogen-bond donors (Lipinski definition) is 1. The second kappa shape index (κ2) is 8.22. The number of ether oxygens (including phenoxy) is 1. The molecule has 0 radical (unpaired) electrons. The monoisotopic (exact) mass is 279 g/mol. The summed E-state index contributed by atoms with van der Waals surface area (Å²) in [6, 6.07) is 5.30. The first-order valence-electron chi connectivity index (χ1n) is 7.48. The topological polar surface area (TPSA) is 37.4 Å². The lowest BCUT2D eigenvalue weighted by Gasteiger charge is -2.30. The van der Waals surface area contributed by atoms with Crippen LogP contribution in [0.15, 0.2) is 18.3 Å². The molecular weight excluding hydrogens is 250 g/mol. The van der Waals surface area contributed by atoms with Gasteiger partial charge in [-0.25, -0.2) is 4.98 Å². The predicted octanol–water partition coefficient (Wildman–Crippen LogP) is 2.86. The van der Waals surface area contributed by atoms with Crippen molar-refractivity contribution in [2.75, 3.05) is 20.2 Å². The Labute approximate surface area is 123 Å². The van der Waals surface area contributed by atoms with Crippen molar-refractivity contribution in [2.24, 2.45) is 0 Å². The number of nitrogens with zero attached hydrogens (tertiary/aromatic N) is 2. The fourth-order valence-electron chi connectivity index (χ4n) is 2.37. The Kier molecular flexibility index (Phi) is 6.96. The Morgan fingerprint density at radius 2 is 1.85 bits per heavy atom. The van der Waals surface area contributed by atoms with E-state index in [9.17, 15) is 0 Å². The fraction of sp³-hybridized carbons (Fsp3) is 0.688. The number of pyridine rings is 1. The van der Waals surface area contributed by atoms with E-state index in [0.29, 0.717) is 18.7 Å². The van der Waals surface area contributed by atoms with E-state index < -0.39 is 0 Å². The van der Waals surface area contributed by atoms with Crippen LogP contribution in [0.25, 0.3) is 0 Å². The first-order chi connectivity index (χ1) is 9.47. The van der Waals surface area contributed by atoms with E-state index in [1.165, 1.54) is 0 Å². The smallest absolute Gasteiger partial charge is 0.218 e. The minimum atomic E-state index is 0.241. The van der Waals surface area contributed by atoms with Gasteiger partial charge < -0.3 is 10.1 Å². The molecule has 1 aromatic rings. The van der Waals surface area contributed by atoms with E-state index in [1.807, 2.05) is 13.1 Å². The SMILES string of the molecule is CNC(C)c1cccnc1OCCN(C(C)C)C(C)C. The molecule has 4 heteroatoms. The van der Waals surface area contributed by atoms with E-state index >= 15 is 0 Å². The fourth-order valence-corrected chi connectivity index (χ4v) is 2.37. The van der Waals surface area contributed by atoms with E-state index in [4.69, 9.17) is 4.74 Å². The summed E-state index contributed by atoms with van der Waals surface area (Å²) in [5.41, 5.74) is 1.11. The largest absolute Gasteiger partial charge is 0.476 e. The van der Waals surface area contributed by atoms with Crippen LogP contribution in [-0.2, 0) is 0 Å². The molecule has 0 saturated carbocycles. The minimum absolute atomic E-state index is 0.241. The molecule has 1 N–H and O–H groups in total. The Bertz CT molecular complexity index is 385. The molecule has 1 atom stereocenters. The zero-order valence-corrected chi connectivity index (χ0v) is 13.7. The van der Waals surface area contributed by atoms with Crippen molar-refractivity contribution in [3.63, 3.8) is 0 Å². The summed E-state index contributed by atoms with van der Waals surface area (Å²) in [6.07, 6.45) is 1.78. The van der Waals surface area contributed by atoms with Gasteiger partial charge in [-0.05, 0) is 47.7 Å². The second-order valence-electron chi connectivity index (χ2n) is 5.68. The van der Waals surface area contributed by atoms with Crippen molar-refractivity contribution in [3.05, 3.63) is 23.9 Å². The highest BCUT2D eigenvalue weighted by Gasteiger charge is 2.14. The molecule has 0 aliphatic rings. The number of rotatable bonds is 8. The van der Waals surface area contributed by atoms with Crippen LogP contribution in [0.3, 0.4) is 0 Å². The molecule has 0 amide bonds. The van der Waals surface area contributed by atoms with E-state index in [0.717, 1.165) is 18.0 Å². The van der Waals surface area contributed by atoms with Gasteiger partial charge in [0.25, 0.3) is 0 Å². The van der Waals surface area contributed by atoms with Crippen LogP contribution in [0.2, 0.25) is 0 Å². The quantitative estimate of drug-likeness (QED) is 0.794. The first-order valence-corrected chi connectivity index (χ1v) is 7.48. The molecule has 0 bridgehead atoms. The van der Waals surface area contributed by atoms with Crippen molar-refractivity contribution in [3.8, 4) is 5.88 Å². The van der Waals surface area contributed by atoms with Crippen molar-refractivity contribution < 1.29 is 4.74 Å². The van der Waals surface area contributed by atoms with Crippen LogP contribution >= 0.6 is 0 Å².